The zero-order chi connectivity index (χ0) is 19.1. The molecule has 2 unspecified atom stereocenters. The molecule has 0 radical (unpaired) electrons. The average molecular weight is 508 g/mol. The van der Waals surface area contributed by atoms with E-state index in [1.165, 1.54) is 19.3 Å². The first kappa shape index (κ1) is 23.7. The number of piperazine rings is 1. The standard InChI is InChI=1S/C20H36N4O3.HI/c1-2-21-20(22-15-17(25)16-7-4-3-5-8-16)24-12-10-23(11-13-24)19(26)18-9-6-14-27-18;/h16-18,25H,2-15H2,1H3,(H,21,22);1H. The van der Waals surface area contributed by atoms with Crippen LogP contribution in [0.25, 0.3) is 0 Å². The number of hydrogen-bond acceptors (Lipinski definition) is 4. The Kier molecular flexibility index (Phi) is 10.3. The maximum absolute atomic E-state index is 12.5. The minimum atomic E-state index is -0.346. The molecular formula is C20H37IN4O3. The van der Waals surface area contributed by atoms with E-state index >= 15 is 0 Å². The first-order valence-electron chi connectivity index (χ1n) is 10.8. The van der Waals surface area contributed by atoms with Crippen molar-refractivity contribution in [2.24, 2.45) is 10.9 Å². The Bertz CT molecular complexity index is 500. The molecule has 8 heteroatoms. The molecule has 1 amide bonds. The summed E-state index contributed by atoms with van der Waals surface area (Å²) in [6.45, 7) is 6.97. The maximum Gasteiger partial charge on any atom is 0.251 e. The van der Waals surface area contributed by atoms with Gasteiger partial charge in [-0.2, -0.15) is 0 Å². The summed E-state index contributed by atoms with van der Waals surface area (Å²) in [5.74, 6) is 1.39. The monoisotopic (exact) mass is 508 g/mol. The van der Waals surface area contributed by atoms with Crippen LogP contribution in [0.2, 0.25) is 0 Å². The second kappa shape index (κ2) is 12.2. The fourth-order valence-electron chi connectivity index (χ4n) is 4.39. The van der Waals surface area contributed by atoms with Crippen LogP contribution in [-0.4, -0.2) is 84.9 Å². The number of nitrogens with zero attached hydrogens (tertiary/aromatic N) is 3. The van der Waals surface area contributed by atoms with Crippen LogP contribution in [0.1, 0.15) is 51.9 Å². The van der Waals surface area contributed by atoms with E-state index in [0.29, 0.717) is 32.2 Å². The Morgan fingerprint density at radius 1 is 1.11 bits per heavy atom. The van der Waals surface area contributed by atoms with Crippen LogP contribution in [0.4, 0.5) is 0 Å². The van der Waals surface area contributed by atoms with Crippen LogP contribution in [0.5, 0.6) is 0 Å². The van der Waals surface area contributed by atoms with Crippen molar-refractivity contribution in [3.63, 3.8) is 0 Å². The second-order valence-electron chi connectivity index (χ2n) is 7.97. The topological polar surface area (TPSA) is 77.4 Å². The Morgan fingerprint density at radius 2 is 1.79 bits per heavy atom. The lowest BCUT2D eigenvalue weighted by Crippen LogP contribution is -2.55. The number of aliphatic imine (C=N–C) groups is 1. The summed E-state index contributed by atoms with van der Waals surface area (Å²) in [5.41, 5.74) is 0. The van der Waals surface area contributed by atoms with Gasteiger partial charge in [0.1, 0.15) is 6.10 Å². The largest absolute Gasteiger partial charge is 0.391 e. The Hall–Kier alpha value is -0.610. The van der Waals surface area contributed by atoms with Gasteiger partial charge in [-0.25, -0.2) is 0 Å². The van der Waals surface area contributed by atoms with Crippen molar-refractivity contribution in [3.8, 4) is 0 Å². The Labute approximate surface area is 186 Å². The van der Waals surface area contributed by atoms with Gasteiger partial charge in [-0.15, -0.1) is 24.0 Å². The van der Waals surface area contributed by atoms with E-state index in [1.807, 2.05) is 4.90 Å². The van der Waals surface area contributed by atoms with E-state index in [2.05, 4.69) is 17.1 Å². The number of carbonyl (C=O) groups excluding carboxylic acids is 1. The van der Waals surface area contributed by atoms with Crippen molar-refractivity contribution in [2.75, 3.05) is 45.9 Å². The van der Waals surface area contributed by atoms with Gasteiger partial charge in [-0.1, -0.05) is 19.3 Å². The summed E-state index contributed by atoms with van der Waals surface area (Å²) >= 11 is 0. The molecule has 28 heavy (non-hydrogen) atoms. The predicted octanol–water partition coefficient (Wildman–Crippen LogP) is 1.83. The normalized spacial score (nSPS) is 25.4. The average Bonchev–Trinajstić information content (AvgIpc) is 3.26. The van der Waals surface area contributed by atoms with Crippen LogP contribution in [-0.2, 0) is 9.53 Å². The molecule has 0 bridgehead atoms. The zero-order valence-corrected chi connectivity index (χ0v) is 19.5. The minimum absolute atomic E-state index is 0. The van der Waals surface area contributed by atoms with Crippen LogP contribution < -0.4 is 5.32 Å². The lowest BCUT2D eigenvalue weighted by molar-refractivity contribution is -0.142. The summed E-state index contributed by atoms with van der Waals surface area (Å²) in [5, 5.41) is 13.9. The first-order valence-corrected chi connectivity index (χ1v) is 10.8. The molecule has 2 atom stereocenters. The summed E-state index contributed by atoms with van der Waals surface area (Å²) in [4.78, 5) is 21.3. The molecule has 162 valence electrons. The van der Waals surface area contributed by atoms with Gasteiger partial charge < -0.3 is 25.0 Å². The van der Waals surface area contributed by atoms with E-state index in [0.717, 1.165) is 51.3 Å². The minimum Gasteiger partial charge on any atom is -0.391 e. The number of rotatable bonds is 5. The summed E-state index contributed by atoms with van der Waals surface area (Å²) < 4.78 is 5.53. The summed E-state index contributed by atoms with van der Waals surface area (Å²) in [6.07, 6.45) is 7.25. The quantitative estimate of drug-likeness (QED) is 0.337. The third kappa shape index (κ3) is 6.45. The van der Waals surface area contributed by atoms with Crippen molar-refractivity contribution in [3.05, 3.63) is 0 Å². The molecule has 0 spiro atoms. The molecule has 3 fully saturated rings. The van der Waals surface area contributed by atoms with Gasteiger partial charge in [0.15, 0.2) is 5.96 Å². The van der Waals surface area contributed by atoms with E-state index in [4.69, 9.17) is 9.73 Å². The second-order valence-corrected chi connectivity index (χ2v) is 7.97. The predicted molar refractivity (Wildman–Crippen MR) is 121 cm³/mol. The van der Waals surface area contributed by atoms with Crippen LogP contribution in [0, 0.1) is 5.92 Å². The van der Waals surface area contributed by atoms with Crippen molar-refractivity contribution >= 4 is 35.8 Å². The van der Waals surface area contributed by atoms with Gasteiger partial charge >= 0.3 is 0 Å². The highest BCUT2D eigenvalue weighted by Gasteiger charge is 2.31. The number of nitrogens with one attached hydrogen (secondary N) is 1. The number of halogens is 1. The highest BCUT2D eigenvalue weighted by atomic mass is 127. The molecule has 2 heterocycles. The van der Waals surface area contributed by atoms with E-state index in [-0.39, 0.29) is 42.1 Å². The zero-order valence-electron chi connectivity index (χ0n) is 17.1. The maximum atomic E-state index is 12.5. The fraction of sp³-hybridized carbons (Fsp3) is 0.900. The highest BCUT2D eigenvalue weighted by Crippen LogP contribution is 2.26. The van der Waals surface area contributed by atoms with Crippen molar-refractivity contribution in [1.29, 1.82) is 0 Å². The molecule has 2 saturated heterocycles. The number of ether oxygens (including phenoxy) is 1. The van der Waals surface area contributed by atoms with Gasteiger partial charge in [-0.05, 0) is 38.5 Å². The Morgan fingerprint density at radius 3 is 2.39 bits per heavy atom. The third-order valence-electron chi connectivity index (χ3n) is 6.05. The molecule has 2 aliphatic heterocycles. The van der Waals surface area contributed by atoms with Crippen molar-refractivity contribution < 1.29 is 14.6 Å². The highest BCUT2D eigenvalue weighted by molar-refractivity contribution is 14.0. The van der Waals surface area contributed by atoms with E-state index in [9.17, 15) is 9.90 Å². The summed E-state index contributed by atoms with van der Waals surface area (Å²) in [7, 11) is 0. The number of aliphatic hydroxyl groups is 1. The molecule has 3 aliphatic rings. The fourth-order valence-corrected chi connectivity index (χ4v) is 4.39. The number of aliphatic hydroxyl groups excluding tert-OH is 1. The molecule has 7 nitrogen and oxygen atoms in total. The number of amides is 1. The first-order chi connectivity index (χ1) is 13.2. The Balaban J connectivity index is 0.00000280. The van der Waals surface area contributed by atoms with Crippen LogP contribution >= 0.6 is 24.0 Å². The SMILES string of the molecule is CCNC(=NCC(O)C1CCCCC1)N1CCN(C(=O)C2CCCO2)CC1.I. The van der Waals surface area contributed by atoms with Gasteiger partial charge in [0.05, 0.1) is 12.6 Å². The molecular weight excluding hydrogens is 471 g/mol. The van der Waals surface area contributed by atoms with Crippen molar-refractivity contribution in [1.82, 2.24) is 15.1 Å². The molecule has 1 saturated carbocycles. The lowest BCUT2D eigenvalue weighted by Gasteiger charge is -2.37. The van der Waals surface area contributed by atoms with Gasteiger partial charge in [0, 0.05) is 39.3 Å². The molecule has 3 rings (SSSR count). The van der Waals surface area contributed by atoms with Crippen molar-refractivity contribution in [2.45, 2.75) is 64.1 Å². The molecule has 0 aromatic rings. The van der Waals surface area contributed by atoms with E-state index < -0.39 is 0 Å². The smallest absolute Gasteiger partial charge is 0.251 e. The molecule has 1 aliphatic carbocycles. The molecule has 0 aromatic heterocycles. The van der Waals surface area contributed by atoms with Gasteiger partial charge in [0.25, 0.3) is 5.91 Å². The van der Waals surface area contributed by atoms with Gasteiger partial charge in [0.2, 0.25) is 0 Å². The van der Waals surface area contributed by atoms with Crippen LogP contribution in [0.3, 0.4) is 0 Å². The van der Waals surface area contributed by atoms with Crippen LogP contribution in [0.15, 0.2) is 4.99 Å². The number of carbonyl (C=O) groups is 1. The molecule has 2 N–H and O–H groups in total. The lowest BCUT2D eigenvalue weighted by atomic mass is 9.85. The van der Waals surface area contributed by atoms with Gasteiger partial charge in [-0.3, -0.25) is 9.79 Å². The third-order valence-corrected chi connectivity index (χ3v) is 6.05. The summed E-state index contributed by atoms with van der Waals surface area (Å²) in [6, 6.07) is 0. The molecule has 0 aromatic carbocycles. The van der Waals surface area contributed by atoms with E-state index in [1.54, 1.807) is 0 Å². The number of guanidine groups is 1. The number of hydrogen-bond donors (Lipinski definition) is 2.